The number of rotatable bonds is 4. The van der Waals surface area contributed by atoms with Crippen molar-refractivity contribution in [3.63, 3.8) is 0 Å². The predicted octanol–water partition coefficient (Wildman–Crippen LogP) is 3.46. The molecule has 4 rings (SSSR count). The van der Waals surface area contributed by atoms with Crippen molar-refractivity contribution in [2.24, 2.45) is 28.6 Å². The Kier molecular flexibility index (Phi) is 6.22. The van der Waals surface area contributed by atoms with Crippen molar-refractivity contribution in [3.8, 4) is 0 Å². The third-order valence-electron chi connectivity index (χ3n) is 10.0. The maximum absolute atomic E-state index is 13.3. The number of esters is 1. The number of nitrogens with one attached hydrogen (secondary N) is 2. The second kappa shape index (κ2) is 8.49. The van der Waals surface area contributed by atoms with Crippen LogP contribution in [0.5, 0.6) is 0 Å². The maximum Gasteiger partial charge on any atom is 0.302 e. The first-order valence-electron chi connectivity index (χ1n) is 12.8. The molecule has 188 valence electrons. The van der Waals surface area contributed by atoms with E-state index in [9.17, 15) is 19.2 Å². The van der Waals surface area contributed by atoms with Crippen molar-refractivity contribution < 1.29 is 23.9 Å². The Bertz CT molecular complexity index is 943. The first-order chi connectivity index (χ1) is 15.8. The molecule has 4 aliphatic rings. The largest absolute Gasteiger partial charge is 0.462 e. The molecule has 0 aromatic carbocycles. The van der Waals surface area contributed by atoms with Crippen LogP contribution in [0, 0.1) is 28.6 Å². The minimum Gasteiger partial charge on any atom is -0.462 e. The number of fused-ring (bicyclic) bond motifs is 5. The summed E-state index contributed by atoms with van der Waals surface area (Å²) in [5.74, 6) is 0.345. The molecule has 3 unspecified atom stereocenters. The van der Waals surface area contributed by atoms with Crippen molar-refractivity contribution in [1.29, 1.82) is 0 Å². The van der Waals surface area contributed by atoms with Crippen LogP contribution in [0.25, 0.3) is 0 Å². The number of allylic oxidation sites excluding steroid dienone is 1. The zero-order valence-electron chi connectivity index (χ0n) is 21.5. The predicted molar refractivity (Wildman–Crippen MR) is 127 cm³/mol. The summed E-state index contributed by atoms with van der Waals surface area (Å²) in [5, 5.41) is 6.12. The van der Waals surface area contributed by atoms with Gasteiger partial charge < -0.3 is 15.4 Å². The molecule has 0 aromatic heterocycles. The molecule has 0 radical (unpaired) electrons. The second-order valence-electron chi connectivity index (χ2n) is 11.7. The highest BCUT2D eigenvalue weighted by atomic mass is 16.5. The Hall–Kier alpha value is -2.18. The van der Waals surface area contributed by atoms with Crippen LogP contribution in [0.1, 0.15) is 86.5 Å². The molecule has 34 heavy (non-hydrogen) atoms. The number of carbonyl (C=O) groups is 4. The van der Waals surface area contributed by atoms with Crippen LogP contribution in [0.15, 0.2) is 11.6 Å². The van der Waals surface area contributed by atoms with Gasteiger partial charge in [0.1, 0.15) is 11.6 Å². The van der Waals surface area contributed by atoms with Gasteiger partial charge in [0.2, 0.25) is 11.8 Å². The highest BCUT2D eigenvalue weighted by Gasteiger charge is 2.70. The van der Waals surface area contributed by atoms with Gasteiger partial charge in [-0.05, 0) is 68.6 Å². The first kappa shape index (κ1) is 24.9. The van der Waals surface area contributed by atoms with Gasteiger partial charge in [-0.2, -0.15) is 0 Å². The molecule has 0 aliphatic heterocycles. The zero-order chi connectivity index (χ0) is 25.1. The molecule has 7 heteroatoms. The van der Waals surface area contributed by atoms with Gasteiger partial charge in [0, 0.05) is 32.6 Å². The lowest BCUT2D eigenvalue weighted by atomic mass is 9.46. The first-order valence-corrected chi connectivity index (χ1v) is 12.8. The lowest BCUT2D eigenvalue weighted by Crippen LogP contribution is -2.70. The molecule has 2 amide bonds. The van der Waals surface area contributed by atoms with E-state index in [1.54, 1.807) is 6.92 Å². The molecular weight excluding hydrogens is 432 g/mol. The van der Waals surface area contributed by atoms with Gasteiger partial charge in [-0.1, -0.05) is 25.5 Å². The van der Waals surface area contributed by atoms with Crippen LogP contribution >= 0.6 is 0 Å². The Morgan fingerprint density at radius 1 is 0.971 bits per heavy atom. The van der Waals surface area contributed by atoms with E-state index >= 15 is 0 Å². The smallest absolute Gasteiger partial charge is 0.302 e. The average molecular weight is 473 g/mol. The van der Waals surface area contributed by atoms with E-state index in [0.717, 1.165) is 38.5 Å². The molecule has 2 N–H and O–H groups in total. The third kappa shape index (κ3) is 3.61. The van der Waals surface area contributed by atoms with Gasteiger partial charge in [-0.25, -0.2) is 0 Å². The molecule has 3 fully saturated rings. The fraction of sp³-hybridized carbons (Fsp3) is 0.778. The van der Waals surface area contributed by atoms with E-state index in [1.165, 1.54) is 26.3 Å². The Balaban J connectivity index is 1.71. The molecule has 0 saturated heterocycles. The highest BCUT2D eigenvalue weighted by Crippen LogP contribution is 2.67. The van der Waals surface area contributed by atoms with Gasteiger partial charge >= 0.3 is 5.97 Å². The van der Waals surface area contributed by atoms with Crippen molar-refractivity contribution in [1.82, 2.24) is 10.6 Å². The van der Waals surface area contributed by atoms with Gasteiger partial charge in [-0.15, -0.1) is 0 Å². The van der Waals surface area contributed by atoms with Crippen LogP contribution in [0.2, 0.25) is 0 Å². The molecule has 0 spiro atoms. The summed E-state index contributed by atoms with van der Waals surface area (Å²) in [6.07, 6.45) is 8.40. The Labute approximate surface area is 202 Å². The SMILES string of the molecule is CC(=O)N[C@@H]1CC2C3CC=C4C[C@@H](OC(C)=O)CC[C@]4(C)C3CC[C@]2(C)[C@@]1(NC(C)=O)C(C)=O. The number of carbonyl (C=O) groups excluding carboxylic acids is 4. The summed E-state index contributed by atoms with van der Waals surface area (Å²) in [6, 6.07) is -0.418. The van der Waals surface area contributed by atoms with Crippen LogP contribution in [0.4, 0.5) is 0 Å². The fourth-order valence-electron chi connectivity index (χ4n) is 8.69. The van der Waals surface area contributed by atoms with E-state index in [-0.39, 0.29) is 41.0 Å². The lowest BCUT2D eigenvalue weighted by Gasteiger charge is -2.59. The van der Waals surface area contributed by atoms with Crippen molar-refractivity contribution in [2.75, 3.05) is 0 Å². The molecular formula is C27H40N2O5. The summed E-state index contributed by atoms with van der Waals surface area (Å²) in [6.45, 7) is 10.5. The number of ketones is 1. The summed E-state index contributed by atoms with van der Waals surface area (Å²) in [7, 11) is 0. The summed E-state index contributed by atoms with van der Waals surface area (Å²) < 4.78 is 5.55. The summed E-state index contributed by atoms with van der Waals surface area (Å²) in [5.41, 5.74) is -0.0705. The number of hydrogen-bond donors (Lipinski definition) is 2. The van der Waals surface area contributed by atoms with Crippen molar-refractivity contribution in [2.45, 2.75) is 104 Å². The van der Waals surface area contributed by atoms with Gasteiger partial charge in [0.05, 0.1) is 6.04 Å². The fourth-order valence-corrected chi connectivity index (χ4v) is 8.69. The normalized spacial score (nSPS) is 42.9. The highest BCUT2D eigenvalue weighted by molar-refractivity contribution is 5.94. The molecule has 7 nitrogen and oxygen atoms in total. The van der Waals surface area contributed by atoms with Gasteiger partial charge in [-0.3, -0.25) is 19.2 Å². The average Bonchev–Trinajstić information content (AvgIpc) is 2.96. The zero-order valence-corrected chi connectivity index (χ0v) is 21.5. The van der Waals surface area contributed by atoms with E-state index in [4.69, 9.17) is 4.74 Å². The molecule has 0 aromatic rings. The molecule has 0 bridgehead atoms. The molecule has 0 heterocycles. The van der Waals surface area contributed by atoms with Crippen LogP contribution < -0.4 is 10.6 Å². The number of Topliss-reactive ketones (excluding diaryl/α,β-unsaturated/α-hetero) is 1. The number of ether oxygens (including phenoxy) is 1. The second-order valence-corrected chi connectivity index (χ2v) is 11.7. The molecule has 3 saturated carbocycles. The van der Waals surface area contributed by atoms with Crippen molar-refractivity contribution >= 4 is 23.6 Å². The molecule has 8 atom stereocenters. The van der Waals surface area contributed by atoms with E-state index in [0.29, 0.717) is 18.3 Å². The standard InChI is InChI=1S/C27H40N2O5/c1-15(30)27(29-17(3)32)24(28-16(2)31)14-23-21-8-7-19-13-20(34-18(4)33)9-11-25(19,5)22(21)10-12-26(23,27)6/h7,20-24H,8-14H2,1-6H3,(H,28,31)(H,29,32)/t20-,21?,22?,23?,24+,25-,26-,27+/m0/s1. The van der Waals surface area contributed by atoms with E-state index in [2.05, 4.69) is 30.6 Å². The van der Waals surface area contributed by atoms with Crippen LogP contribution in [-0.4, -0.2) is 41.3 Å². The van der Waals surface area contributed by atoms with Gasteiger partial charge in [0.25, 0.3) is 0 Å². The summed E-state index contributed by atoms with van der Waals surface area (Å²) in [4.78, 5) is 49.3. The van der Waals surface area contributed by atoms with E-state index < -0.39 is 17.0 Å². The van der Waals surface area contributed by atoms with Crippen molar-refractivity contribution in [3.05, 3.63) is 11.6 Å². The quantitative estimate of drug-likeness (QED) is 0.482. The third-order valence-corrected chi connectivity index (χ3v) is 10.0. The van der Waals surface area contributed by atoms with Crippen LogP contribution in [-0.2, 0) is 23.9 Å². The number of hydrogen-bond acceptors (Lipinski definition) is 5. The summed E-state index contributed by atoms with van der Waals surface area (Å²) >= 11 is 0. The number of amides is 2. The monoisotopic (exact) mass is 472 g/mol. The maximum atomic E-state index is 13.3. The lowest BCUT2D eigenvalue weighted by molar-refractivity contribution is -0.149. The van der Waals surface area contributed by atoms with Gasteiger partial charge in [0.15, 0.2) is 5.78 Å². The minimum absolute atomic E-state index is 0.0389. The minimum atomic E-state index is -1.10. The van der Waals surface area contributed by atoms with Crippen LogP contribution in [0.3, 0.4) is 0 Å². The Morgan fingerprint density at radius 2 is 1.68 bits per heavy atom. The molecule has 4 aliphatic carbocycles. The van der Waals surface area contributed by atoms with E-state index in [1.807, 2.05) is 0 Å². The topological polar surface area (TPSA) is 102 Å². The Morgan fingerprint density at radius 3 is 2.26 bits per heavy atom.